The van der Waals surface area contributed by atoms with Gasteiger partial charge in [0.05, 0.1) is 17.9 Å². The van der Waals surface area contributed by atoms with Crippen molar-refractivity contribution in [2.75, 3.05) is 11.9 Å². The number of amides is 1. The Bertz CT molecular complexity index is 724. The molecule has 1 N–H and O–H groups in total. The average molecular weight is 332 g/mol. The first-order valence-corrected chi connectivity index (χ1v) is 7.99. The van der Waals surface area contributed by atoms with E-state index in [1.165, 1.54) is 12.8 Å². The second kappa shape index (κ2) is 6.86. The quantitative estimate of drug-likeness (QED) is 0.844. The van der Waals surface area contributed by atoms with Crippen molar-refractivity contribution in [3.8, 4) is 0 Å². The van der Waals surface area contributed by atoms with Crippen LogP contribution in [0.5, 0.6) is 0 Å². The molecule has 1 fully saturated rings. The Morgan fingerprint density at radius 3 is 2.79 bits per heavy atom. The summed E-state index contributed by atoms with van der Waals surface area (Å²) in [6.07, 6.45) is 6.13. The molecular formula is C16H20N4O4. The highest BCUT2D eigenvalue weighted by molar-refractivity contribution is 5.95. The van der Waals surface area contributed by atoms with Crippen molar-refractivity contribution in [3.63, 3.8) is 0 Å². The summed E-state index contributed by atoms with van der Waals surface area (Å²) in [5.74, 6) is -0.0296. The van der Waals surface area contributed by atoms with Gasteiger partial charge in [-0.1, -0.05) is 18.0 Å². The maximum absolute atomic E-state index is 12.1. The van der Waals surface area contributed by atoms with Crippen molar-refractivity contribution in [1.29, 1.82) is 0 Å². The largest absolute Gasteiger partial charge is 0.452 e. The summed E-state index contributed by atoms with van der Waals surface area (Å²) in [6, 6.07) is 2.06. The van der Waals surface area contributed by atoms with E-state index in [-0.39, 0.29) is 12.2 Å². The molecule has 0 aliphatic heterocycles. The van der Waals surface area contributed by atoms with Gasteiger partial charge in [-0.15, -0.1) is 0 Å². The van der Waals surface area contributed by atoms with Crippen LogP contribution < -0.4 is 5.32 Å². The number of nitrogens with zero attached hydrogens (tertiary/aromatic N) is 3. The van der Waals surface area contributed by atoms with Crippen LogP contribution >= 0.6 is 0 Å². The SMILES string of the molecule is Cc1noc(C)c1C(=O)OCC(=O)Nc1ccnn1C1CCCC1. The first kappa shape index (κ1) is 16.2. The lowest BCUT2D eigenvalue weighted by molar-refractivity contribution is -0.119. The highest BCUT2D eigenvalue weighted by Gasteiger charge is 2.22. The molecule has 1 saturated carbocycles. The predicted molar refractivity (Wildman–Crippen MR) is 84.6 cm³/mol. The Morgan fingerprint density at radius 2 is 2.12 bits per heavy atom. The topological polar surface area (TPSA) is 99.2 Å². The summed E-state index contributed by atoms with van der Waals surface area (Å²) in [7, 11) is 0. The number of aromatic nitrogens is 3. The Morgan fingerprint density at radius 1 is 1.38 bits per heavy atom. The number of carbonyl (C=O) groups excluding carboxylic acids is 2. The molecule has 0 unspecified atom stereocenters. The lowest BCUT2D eigenvalue weighted by Gasteiger charge is -2.14. The summed E-state index contributed by atoms with van der Waals surface area (Å²) in [5, 5.41) is 10.7. The molecule has 0 bridgehead atoms. The van der Waals surface area contributed by atoms with Crippen LogP contribution in [0.15, 0.2) is 16.8 Å². The van der Waals surface area contributed by atoms with Gasteiger partial charge in [-0.25, -0.2) is 9.48 Å². The molecule has 1 amide bonds. The fraction of sp³-hybridized carbons (Fsp3) is 0.500. The maximum atomic E-state index is 12.1. The van der Waals surface area contributed by atoms with E-state index in [0.717, 1.165) is 12.8 Å². The van der Waals surface area contributed by atoms with Crippen LogP contribution in [-0.4, -0.2) is 33.4 Å². The van der Waals surface area contributed by atoms with E-state index >= 15 is 0 Å². The second-order valence-electron chi connectivity index (χ2n) is 5.92. The minimum atomic E-state index is -0.620. The van der Waals surface area contributed by atoms with E-state index in [0.29, 0.717) is 23.3 Å². The molecule has 1 aliphatic rings. The van der Waals surface area contributed by atoms with Gasteiger partial charge in [-0.2, -0.15) is 5.10 Å². The van der Waals surface area contributed by atoms with Gasteiger partial charge >= 0.3 is 5.97 Å². The Labute approximate surface area is 139 Å². The summed E-state index contributed by atoms with van der Waals surface area (Å²) >= 11 is 0. The zero-order chi connectivity index (χ0) is 17.1. The zero-order valence-electron chi connectivity index (χ0n) is 13.7. The molecule has 2 aromatic heterocycles. The van der Waals surface area contributed by atoms with E-state index in [4.69, 9.17) is 9.26 Å². The fourth-order valence-corrected chi connectivity index (χ4v) is 3.01. The molecular weight excluding hydrogens is 312 g/mol. The normalized spacial score (nSPS) is 14.8. The number of aryl methyl sites for hydroxylation is 2. The summed E-state index contributed by atoms with van der Waals surface area (Å²) in [4.78, 5) is 24.1. The first-order valence-electron chi connectivity index (χ1n) is 7.99. The number of rotatable bonds is 5. The van der Waals surface area contributed by atoms with Crippen LogP contribution in [0.3, 0.4) is 0 Å². The highest BCUT2D eigenvalue weighted by atomic mass is 16.5. The molecule has 1 aliphatic carbocycles. The van der Waals surface area contributed by atoms with Crippen molar-refractivity contribution in [1.82, 2.24) is 14.9 Å². The molecule has 3 rings (SSSR count). The van der Waals surface area contributed by atoms with E-state index in [1.54, 1.807) is 26.1 Å². The number of esters is 1. The van der Waals surface area contributed by atoms with E-state index in [1.807, 2.05) is 4.68 Å². The third kappa shape index (κ3) is 3.32. The van der Waals surface area contributed by atoms with Crippen LogP contribution in [0, 0.1) is 13.8 Å². The van der Waals surface area contributed by atoms with Crippen LogP contribution in [0.4, 0.5) is 5.82 Å². The molecule has 0 spiro atoms. The number of hydrogen-bond donors (Lipinski definition) is 1. The second-order valence-corrected chi connectivity index (χ2v) is 5.92. The van der Waals surface area contributed by atoms with E-state index < -0.39 is 11.9 Å². The molecule has 0 aromatic carbocycles. The average Bonchev–Trinajstić information content (AvgIpc) is 3.27. The summed E-state index contributed by atoms with van der Waals surface area (Å²) in [6.45, 7) is 2.89. The van der Waals surface area contributed by atoms with Crippen LogP contribution in [0.25, 0.3) is 0 Å². The monoisotopic (exact) mass is 332 g/mol. The molecule has 8 heteroatoms. The van der Waals surface area contributed by atoms with E-state index in [2.05, 4.69) is 15.6 Å². The van der Waals surface area contributed by atoms with Crippen molar-refractivity contribution in [2.45, 2.75) is 45.6 Å². The van der Waals surface area contributed by atoms with Gasteiger partial charge < -0.3 is 14.6 Å². The Hall–Kier alpha value is -2.64. The van der Waals surface area contributed by atoms with Crippen molar-refractivity contribution >= 4 is 17.7 Å². The van der Waals surface area contributed by atoms with Crippen molar-refractivity contribution in [3.05, 3.63) is 29.3 Å². The smallest absolute Gasteiger partial charge is 0.344 e. The molecule has 128 valence electrons. The third-order valence-corrected chi connectivity index (χ3v) is 4.18. The predicted octanol–water partition coefficient (Wildman–Crippen LogP) is 2.40. The van der Waals surface area contributed by atoms with Gasteiger partial charge in [-0.05, 0) is 26.7 Å². The molecule has 2 heterocycles. The van der Waals surface area contributed by atoms with Gasteiger partial charge in [0, 0.05) is 6.07 Å². The number of carbonyl (C=O) groups is 2. The summed E-state index contributed by atoms with van der Waals surface area (Å²) in [5.41, 5.74) is 0.705. The number of ether oxygens (including phenoxy) is 1. The summed E-state index contributed by atoms with van der Waals surface area (Å²) < 4.78 is 11.8. The first-order chi connectivity index (χ1) is 11.6. The minimum absolute atomic E-state index is 0.263. The molecule has 0 atom stereocenters. The third-order valence-electron chi connectivity index (χ3n) is 4.18. The van der Waals surface area contributed by atoms with Crippen molar-refractivity contribution < 1.29 is 18.8 Å². The standard InChI is InChI=1S/C16H20N4O4/c1-10-15(11(2)24-19-10)16(22)23-9-14(21)18-13-7-8-17-20(13)12-5-3-4-6-12/h7-8,12H,3-6,9H2,1-2H3,(H,18,21). The number of hydrogen-bond acceptors (Lipinski definition) is 6. The lowest BCUT2D eigenvalue weighted by atomic mass is 10.2. The van der Waals surface area contributed by atoms with Crippen LogP contribution in [0.2, 0.25) is 0 Å². The molecule has 8 nitrogen and oxygen atoms in total. The van der Waals surface area contributed by atoms with Crippen LogP contribution in [0.1, 0.15) is 53.5 Å². The van der Waals surface area contributed by atoms with Gasteiger partial charge in [0.25, 0.3) is 5.91 Å². The number of anilines is 1. The zero-order valence-corrected chi connectivity index (χ0v) is 13.7. The molecule has 0 radical (unpaired) electrons. The molecule has 0 saturated heterocycles. The van der Waals surface area contributed by atoms with Gasteiger partial charge in [0.1, 0.15) is 17.1 Å². The molecule has 24 heavy (non-hydrogen) atoms. The highest BCUT2D eigenvalue weighted by Crippen LogP contribution is 2.31. The van der Waals surface area contributed by atoms with Gasteiger partial charge in [0.2, 0.25) is 0 Å². The maximum Gasteiger partial charge on any atom is 0.344 e. The fourth-order valence-electron chi connectivity index (χ4n) is 3.01. The Kier molecular flexibility index (Phi) is 4.64. The van der Waals surface area contributed by atoms with Gasteiger partial charge in [0.15, 0.2) is 6.61 Å². The van der Waals surface area contributed by atoms with Crippen molar-refractivity contribution in [2.24, 2.45) is 0 Å². The van der Waals surface area contributed by atoms with E-state index in [9.17, 15) is 9.59 Å². The Balaban J connectivity index is 1.57. The number of nitrogens with one attached hydrogen (secondary N) is 1. The van der Waals surface area contributed by atoms with Gasteiger partial charge in [-0.3, -0.25) is 4.79 Å². The van der Waals surface area contributed by atoms with Crippen LogP contribution in [-0.2, 0) is 9.53 Å². The molecule has 2 aromatic rings. The minimum Gasteiger partial charge on any atom is -0.452 e. The lowest BCUT2D eigenvalue weighted by Crippen LogP contribution is -2.23.